The van der Waals surface area contributed by atoms with Gasteiger partial charge in [-0.1, -0.05) is 29.8 Å². The van der Waals surface area contributed by atoms with Crippen LogP contribution < -0.4 is 9.47 Å². The number of halogens is 1. The number of carbonyl (C=O) groups excluding carboxylic acids is 1. The predicted molar refractivity (Wildman–Crippen MR) is 91.0 cm³/mol. The molecule has 23 heavy (non-hydrogen) atoms. The molecule has 0 fully saturated rings. The van der Waals surface area contributed by atoms with Crippen LogP contribution in [-0.2, 0) is 11.3 Å². The Balaban J connectivity index is 1.99. The van der Waals surface area contributed by atoms with Crippen molar-refractivity contribution in [1.82, 2.24) is 4.90 Å². The van der Waals surface area contributed by atoms with Crippen LogP contribution in [0.5, 0.6) is 11.5 Å². The van der Waals surface area contributed by atoms with Gasteiger partial charge in [-0.25, -0.2) is 0 Å². The summed E-state index contributed by atoms with van der Waals surface area (Å²) in [5.41, 5.74) is 0.949. The van der Waals surface area contributed by atoms with Crippen LogP contribution in [-0.4, -0.2) is 31.1 Å². The van der Waals surface area contributed by atoms with Gasteiger partial charge in [0.05, 0.1) is 7.11 Å². The molecule has 0 saturated heterocycles. The molecule has 0 unspecified atom stereocenters. The summed E-state index contributed by atoms with van der Waals surface area (Å²) in [5, 5.41) is 0.629. The van der Waals surface area contributed by atoms with Gasteiger partial charge in [-0.05, 0) is 37.3 Å². The van der Waals surface area contributed by atoms with Gasteiger partial charge in [-0.15, -0.1) is 0 Å². The SMILES string of the molecule is COc1ccccc1CN(C)C(=O)[C@H](C)Oc1ccc(Cl)cc1. The van der Waals surface area contributed by atoms with Crippen LogP contribution in [0.3, 0.4) is 0 Å². The second kappa shape index (κ2) is 7.88. The molecule has 2 aromatic carbocycles. The van der Waals surface area contributed by atoms with Crippen LogP contribution >= 0.6 is 11.6 Å². The summed E-state index contributed by atoms with van der Waals surface area (Å²) in [5.74, 6) is 1.27. The first kappa shape index (κ1) is 17.2. The molecule has 0 N–H and O–H groups in total. The lowest BCUT2D eigenvalue weighted by Gasteiger charge is -2.23. The number of ether oxygens (including phenoxy) is 2. The van der Waals surface area contributed by atoms with Crippen molar-refractivity contribution in [2.45, 2.75) is 19.6 Å². The Labute approximate surface area is 141 Å². The van der Waals surface area contributed by atoms with Crippen LogP contribution in [0.25, 0.3) is 0 Å². The van der Waals surface area contributed by atoms with Crippen molar-refractivity contribution in [3.63, 3.8) is 0 Å². The topological polar surface area (TPSA) is 38.8 Å². The zero-order valence-electron chi connectivity index (χ0n) is 13.5. The van der Waals surface area contributed by atoms with Gasteiger partial charge in [0.1, 0.15) is 11.5 Å². The highest BCUT2D eigenvalue weighted by molar-refractivity contribution is 6.30. The van der Waals surface area contributed by atoms with E-state index in [9.17, 15) is 4.79 Å². The molecular weight excluding hydrogens is 314 g/mol. The highest BCUT2D eigenvalue weighted by Crippen LogP contribution is 2.20. The molecule has 1 amide bonds. The number of rotatable bonds is 6. The summed E-state index contributed by atoms with van der Waals surface area (Å²) in [6.07, 6.45) is -0.587. The number of methoxy groups -OCH3 is 1. The van der Waals surface area contributed by atoms with Crippen molar-refractivity contribution in [3.05, 3.63) is 59.1 Å². The number of nitrogens with zero attached hydrogens (tertiary/aromatic N) is 1. The van der Waals surface area contributed by atoms with E-state index in [1.807, 2.05) is 24.3 Å². The lowest BCUT2D eigenvalue weighted by Crippen LogP contribution is -2.37. The normalized spacial score (nSPS) is 11.7. The maximum atomic E-state index is 12.5. The van der Waals surface area contributed by atoms with E-state index in [0.29, 0.717) is 17.3 Å². The molecule has 0 aliphatic heterocycles. The molecule has 0 saturated carbocycles. The molecular formula is C18H20ClNO3. The van der Waals surface area contributed by atoms with E-state index in [4.69, 9.17) is 21.1 Å². The number of amides is 1. The van der Waals surface area contributed by atoms with Crippen LogP contribution in [0.4, 0.5) is 0 Å². The monoisotopic (exact) mass is 333 g/mol. The fraction of sp³-hybridized carbons (Fsp3) is 0.278. The summed E-state index contributed by atoms with van der Waals surface area (Å²) >= 11 is 5.84. The lowest BCUT2D eigenvalue weighted by atomic mass is 10.2. The van der Waals surface area contributed by atoms with Crippen molar-refractivity contribution < 1.29 is 14.3 Å². The highest BCUT2D eigenvalue weighted by atomic mass is 35.5. The molecule has 0 aliphatic carbocycles. The van der Waals surface area contributed by atoms with Gasteiger partial charge in [-0.2, -0.15) is 0 Å². The van der Waals surface area contributed by atoms with E-state index in [1.165, 1.54) is 0 Å². The average Bonchev–Trinajstić information content (AvgIpc) is 2.56. The minimum atomic E-state index is -0.587. The molecule has 5 heteroatoms. The summed E-state index contributed by atoms with van der Waals surface area (Å²) in [6, 6.07) is 14.6. The van der Waals surface area contributed by atoms with Gasteiger partial charge in [0.25, 0.3) is 5.91 Å². The minimum Gasteiger partial charge on any atom is -0.496 e. The van der Waals surface area contributed by atoms with E-state index in [0.717, 1.165) is 11.3 Å². The lowest BCUT2D eigenvalue weighted by molar-refractivity contribution is -0.137. The van der Waals surface area contributed by atoms with Gasteiger partial charge in [0.15, 0.2) is 6.10 Å². The minimum absolute atomic E-state index is 0.106. The Morgan fingerprint density at radius 3 is 2.48 bits per heavy atom. The number of benzene rings is 2. The zero-order valence-corrected chi connectivity index (χ0v) is 14.2. The summed E-state index contributed by atoms with van der Waals surface area (Å²) in [6.45, 7) is 2.19. The zero-order chi connectivity index (χ0) is 16.8. The van der Waals surface area contributed by atoms with Gasteiger partial charge < -0.3 is 14.4 Å². The van der Waals surface area contributed by atoms with Crippen LogP contribution in [0.15, 0.2) is 48.5 Å². The van der Waals surface area contributed by atoms with E-state index < -0.39 is 6.10 Å². The molecule has 122 valence electrons. The number of para-hydroxylation sites is 1. The van der Waals surface area contributed by atoms with Crippen molar-refractivity contribution in [2.75, 3.05) is 14.2 Å². The fourth-order valence-electron chi connectivity index (χ4n) is 2.25. The Morgan fingerprint density at radius 2 is 1.83 bits per heavy atom. The van der Waals surface area contributed by atoms with Crippen LogP contribution in [0.2, 0.25) is 5.02 Å². The number of hydrogen-bond donors (Lipinski definition) is 0. The van der Waals surface area contributed by atoms with Gasteiger partial charge in [0.2, 0.25) is 0 Å². The van der Waals surface area contributed by atoms with E-state index in [-0.39, 0.29) is 5.91 Å². The molecule has 0 heterocycles. The summed E-state index contributed by atoms with van der Waals surface area (Å²) in [4.78, 5) is 14.1. The number of likely N-dealkylation sites (N-methyl/N-ethyl adjacent to an activating group) is 1. The molecule has 0 aliphatic rings. The third-order valence-corrected chi connectivity index (χ3v) is 3.70. The van der Waals surface area contributed by atoms with Gasteiger partial charge in [-0.3, -0.25) is 4.79 Å². The number of carbonyl (C=O) groups is 1. The molecule has 2 aromatic rings. The summed E-state index contributed by atoms with van der Waals surface area (Å²) < 4.78 is 11.0. The van der Waals surface area contributed by atoms with Crippen LogP contribution in [0, 0.1) is 0 Å². The van der Waals surface area contributed by atoms with Gasteiger partial charge in [0, 0.05) is 24.2 Å². The number of hydrogen-bond acceptors (Lipinski definition) is 3. The first-order valence-electron chi connectivity index (χ1n) is 7.30. The van der Waals surface area contributed by atoms with E-state index >= 15 is 0 Å². The molecule has 0 bridgehead atoms. The van der Waals surface area contributed by atoms with Crippen LogP contribution in [0.1, 0.15) is 12.5 Å². The Bertz CT molecular complexity index is 658. The standard InChI is InChI=1S/C18H20ClNO3/c1-13(23-16-10-8-15(19)9-11-16)18(21)20(2)12-14-6-4-5-7-17(14)22-3/h4-11,13H,12H2,1-3H3/t13-/m0/s1. The highest BCUT2D eigenvalue weighted by Gasteiger charge is 2.20. The van der Waals surface area contributed by atoms with E-state index in [2.05, 4.69) is 0 Å². The average molecular weight is 334 g/mol. The maximum Gasteiger partial charge on any atom is 0.263 e. The first-order chi connectivity index (χ1) is 11.0. The predicted octanol–water partition coefficient (Wildman–Crippen LogP) is 3.77. The van der Waals surface area contributed by atoms with Crippen molar-refractivity contribution in [2.24, 2.45) is 0 Å². The molecule has 0 radical (unpaired) electrons. The van der Waals surface area contributed by atoms with Gasteiger partial charge >= 0.3 is 0 Å². The Hall–Kier alpha value is -2.20. The molecule has 0 spiro atoms. The van der Waals surface area contributed by atoms with Crippen molar-refractivity contribution in [1.29, 1.82) is 0 Å². The summed E-state index contributed by atoms with van der Waals surface area (Å²) in [7, 11) is 3.36. The fourth-order valence-corrected chi connectivity index (χ4v) is 2.37. The quantitative estimate of drug-likeness (QED) is 0.807. The second-order valence-electron chi connectivity index (χ2n) is 5.22. The third kappa shape index (κ3) is 4.63. The first-order valence-corrected chi connectivity index (χ1v) is 7.68. The molecule has 4 nitrogen and oxygen atoms in total. The molecule has 2 rings (SSSR count). The van der Waals surface area contributed by atoms with E-state index in [1.54, 1.807) is 50.2 Å². The Morgan fingerprint density at radius 1 is 1.17 bits per heavy atom. The third-order valence-electron chi connectivity index (χ3n) is 3.45. The smallest absolute Gasteiger partial charge is 0.263 e. The largest absolute Gasteiger partial charge is 0.496 e. The second-order valence-corrected chi connectivity index (χ2v) is 5.66. The van der Waals surface area contributed by atoms with Crippen molar-refractivity contribution in [3.8, 4) is 11.5 Å². The molecule has 0 aromatic heterocycles. The maximum absolute atomic E-state index is 12.5. The van der Waals surface area contributed by atoms with Crippen molar-refractivity contribution >= 4 is 17.5 Å². The molecule has 1 atom stereocenters. The Kier molecular flexibility index (Phi) is 5.88.